The van der Waals surface area contributed by atoms with Gasteiger partial charge in [0.1, 0.15) is 0 Å². The summed E-state index contributed by atoms with van der Waals surface area (Å²) in [5.74, 6) is -0.415. The van der Waals surface area contributed by atoms with Crippen LogP contribution in [0.4, 0.5) is 5.69 Å². The molecule has 5 aromatic carbocycles. The van der Waals surface area contributed by atoms with Crippen molar-refractivity contribution in [2.24, 2.45) is 5.10 Å². The Morgan fingerprint density at radius 1 is 0.762 bits per heavy atom. The van der Waals surface area contributed by atoms with E-state index in [1.165, 1.54) is 11.3 Å². The monoisotopic (exact) mass is 630 g/mol. The molecule has 6 rings (SSSR count). The molecule has 1 unspecified atom stereocenters. The van der Waals surface area contributed by atoms with Crippen molar-refractivity contribution in [3.05, 3.63) is 165 Å². The number of aromatic hydroxyl groups is 1. The first-order chi connectivity index (χ1) is 20.6. The first-order valence-corrected chi connectivity index (χ1v) is 15.2. The lowest BCUT2D eigenvalue weighted by molar-refractivity contribution is 0.480. The number of hydrogen-bond acceptors (Lipinski definition) is 5. The Balaban J connectivity index is 1.45. The molecule has 206 valence electrons. The SMILES string of the molecule is O=c1c(C(CC(=NNc2ccccc2)c2ccc(-c3ccc(Br)cc3)cc2)c2ccccc2)c(O)sc2ccccc12. The number of anilines is 1. The smallest absolute Gasteiger partial charge is 0.195 e. The van der Waals surface area contributed by atoms with Crippen molar-refractivity contribution in [2.75, 3.05) is 5.43 Å². The molecule has 42 heavy (non-hydrogen) atoms. The fraction of sp³-hybridized carbons (Fsp3) is 0.0556. The Morgan fingerprint density at radius 3 is 2.05 bits per heavy atom. The predicted octanol–water partition coefficient (Wildman–Crippen LogP) is 9.43. The van der Waals surface area contributed by atoms with Crippen LogP contribution in [0, 0.1) is 0 Å². The molecule has 6 aromatic rings. The van der Waals surface area contributed by atoms with Crippen LogP contribution in [0.5, 0.6) is 5.06 Å². The highest BCUT2D eigenvalue weighted by molar-refractivity contribution is 9.10. The van der Waals surface area contributed by atoms with Crippen molar-refractivity contribution >= 4 is 48.8 Å². The largest absolute Gasteiger partial charge is 0.499 e. The zero-order valence-corrected chi connectivity index (χ0v) is 25.0. The highest BCUT2D eigenvalue weighted by Crippen LogP contribution is 2.38. The molecular weight excluding hydrogens is 604 g/mol. The fourth-order valence-electron chi connectivity index (χ4n) is 5.09. The van der Waals surface area contributed by atoms with Gasteiger partial charge in [-0.25, -0.2) is 0 Å². The number of hydrazone groups is 1. The van der Waals surface area contributed by atoms with Gasteiger partial charge in [-0.3, -0.25) is 10.2 Å². The molecule has 0 aliphatic carbocycles. The number of nitrogens with one attached hydrogen (secondary N) is 1. The predicted molar refractivity (Wildman–Crippen MR) is 179 cm³/mol. The lowest BCUT2D eigenvalue weighted by Crippen LogP contribution is -2.18. The standard InChI is InChI=1S/C36H27BrN2O2S/c37-28-21-19-25(20-22-28)24-15-17-27(18-16-24)32(39-38-29-11-5-2-6-12-29)23-31(26-9-3-1-4-10-26)34-35(40)30-13-7-8-14-33(30)42-36(34)41/h1-22,31,38,41H,23H2. The summed E-state index contributed by atoms with van der Waals surface area (Å²) in [6.45, 7) is 0. The van der Waals surface area contributed by atoms with Gasteiger partial charge >= 0.3 is 0 Å². The number of nitrogens with zero attached hydrogens (tertiary/aromatic N) is 1. The number of fused-ring (bicyclic) bond motifs is 1. The molecule has 0 fully saturated rings. The maximum Gasteiger partial charge on any atom is 0.195 e. The second-order valence-corrected chi connectivity index (χ2v) is 11.9. The molecule has 0 amide bonds. The van der Waals surface area contributed by atoms with Crippen molar-refractivity contribution < 1.29 is 5.11 Å². The van der Waals surface area contributed by atoms with Crippen LogP contribution < -0.4 is 10.9 Å². The normalized spacial score (nSPS) is 12.3. The molecule has 0 aliphatic heterocycles. The molecule has 6 heteroatoms. The van der Waals surface area contributed by atoms with Gasteiger partial charge in [0.25, 0.3) is 0 Å². The second kappa shape index (κ2) is 12.6. The van der Waals surface area contributed by atoms with Gasteiger partial charge in [0, 0.05) is 26.9 Å². The van der Waals surface area contributed by atoms with E-state index < -0.39 is 5.92 Å². The summed E-state index contributed by atoms with van der Waals surface area (Å²) in [4.78, 5) is 13.9. The summed E-state index contributed by atoms with van der Waals surface area (Å²) in [6, 6.07) is 43.6. The minimum Gasteiger partial charge on any atom is -0.499 e. The van der Waals surface area contributed by atoms with E-state index in [9.17, 15) is 9.90 Å². The van der Waals surface area contributed by atoms with Gasteiger partial charge in [0.15, 0.2) is 10.5 Å². The van der Waals surface area contributed by atoms with Crippen LogP contribution in [0.15, 0.2) is 148 Å². The molecule has 1 aromatic heterocycles. The minimum atomic E-state index is -0.415. The first kappa shape index (κ1) is 27.6. The van der Waals surface area contributed by atoms with E-state index in [2.05, 4.69) is 57.8 Å². The Morgan fingerprint density at radius 2 is 1.36 bits per heavy atom. The molecular formula is C36H27BrN2O2S. The van der Waals surface area contributed by atoms with Crippen LogP contribution in [-0.2, 0) is 0 Å². The lowest BCUT2D eigenvalue weighted by Gasteiger charge is -2.20. The summed E-state index contributed by atoms with van der Waals surface area (Å²) in [7, 11) is 0. The van der Waals surface area contributed by atoms with E-state index in [4.69, 9.17) is 5.10 Å². The summed E-state index contributed by atoms with van der Waals surface area (Å²) >= 11 is 4.74. The van der Waals surface area contributed by atoms with Gasteiger partial charge in [-0.1, -0.05) is 124 Å². The Hall–Kier alpha value is -4.52. The molecule has 0 bridgehead atoms. The third kappa shape index (κ3) is 6.05. The number of rotatable bonds is 8. The number of para-hydroxylation sites is 1. The fourth-order valence-corrected chi connectivity index (χ4v) is 6.32. The highest BCUT2D eigenvalue weighted by atomic mass is 79.9. The van der Waals surface area contributed by atoms with E-state index in [0.29, 0.717) is 17.4 Å². The van der Waals surface area contributed by atoms with E-state index in [1.807, 2.05) is 97.1 Å². The maximum atomic E-state index is 13.9. The Kier molecular flexibility index (Phi) is 8.26. The summed E-state index contributed by atoms with van der Waals surface area (Å²) < 4.78 is 1.80. The molecule has 0 aliphatic rings. The van der Waals surface area contributed by atoms with Crippen molar-refractivity contribution in [1.29, 1.82) is 0 Å². The molecule has 0 spiro atoms. The van der Waals surface area contributed by atoms with Crippen LogP contribution in [0.2, 0.25) is 0 Å². The molecule has 1 atom stereocenters. The van der Waals surface area contributed by atoms with E-state index in [-0.39, 0.29) is 10.5 Å². The molecule has 0 saturated carbocycles. The van der Waals surface area contributed by atoms with Crippen molar-refractivity contribution in [1.82, 2.24) is 0 Å². The van der Waals surface area contributed by atoms with Crippen LogP contribution in [-0.4, -0.2) is 10.8 Å². The Bertz CT molecular complexity index is 1900. The van der Waals surface area contributed by atoms with E-state index in [1.54, 1.807) is 0 Å². The van der Waals surface area contributed by atoms with Gasteiger partial charge in [0.2, 0.25) is 0 Å². The van der Waals surface area contributed by atoms with Crippen molar-refractivity contribution in [3.63, 3.8) is 0 Å². The average Bonchev–Trinajstić information content (AvgIpc) is 3.03. The quantitative estimate of drug-likeness (QED) is 0.130. The van der Waals surface area contributed by atoms with Crippen LogP contribution in [0.3, 0.4) is 0 Å². The van der Waals surface area contributed by atoms with Crippen LogP contribution >= 0.6 is 27.3 Å². The molecule has 0 radical (unpaired) electrons. The van der Waals surface area contributed by atoms with Crippen LogP contribution in [0.1, 0.15) is 29.0 Å². The van der Waals surface area contributed by atoms with Crippen molar-refractivity contribution in [2.45, 2.75) is 12.3 Å². The van der Waals surface area contributed by atoms with Gasteiger partial charge in [-0.15, -0.1) is 0 Å². The average molecular weight is 632 g/mol. The van der Waals surface area contributed by atoms with Crippen LogP contribution in [0.25, 0.3) is 21.2 Å². The second-order valence-electron chi connectivity index (χ2n) is 9.93. The van der Waals surface area contributed by atoms with Gasteiger partial charge in [-0.05, 0) is 58.7 Å². The van der Waals surface area contributed by atoms with Gasteiger partial charge < -0.3 is 5.11 Å². The summed E-state index contributed by atoms with van der Waals surface area (Å²) in [6.07, 6.45) is 0.398. The summed E-state index contributed by atoms with van der Waals surface area (Å²) in [5.41, 5.74) is 9.15. The first-order valence-electron chi connectivity index (χ1n) is 13.6. The molecule has 0 saturated heterocycles. The van der Waals surface area contributed by atoms with E-state index in [0.717, 1.165) is 42.8 Å². The zero-order valence-electron chi connectivity index (χ0n) is 22.6. The number of hydrogen-bond donors (Lipinski definition) is 2. The Labute approximate surface area is 256 Å². The molecule has 2 N–H and O–H groups in total. The third-order valence-corrected chi connectivity index (χ3v) is 8.77. The topological polar surface area (TPSA) is 61.7 Å². The van der Waals surface area contributed by atoms with Gasteiger partial charge in [0.05, 0.1) is 17.0 Å². The lowest BCUT2D eigenvalue weighted by atomic mass is 9.85. The van der Waals surface area contributed by atoms with E-state index >= 15 is 0 Å². The number of halogens is 1. The molecule has 4 nitrogen and oxygen atoms in total. The van der Waals surface area contributed by atoms with Crippen molar-refractivity contribution in [3.8, 4) is 16.2 Å². The van der Waals surface area contributed by atoms with Gasteiger partial charge in [-0.2, -0.15) is 5.10 Å². The minimum absolute atomic E-state index is 0.0357. The maximum absolute atomic E-state index is 13.9. The zero-order chi connectivity index (χ0) is 28.9. The molecule has 1 heterocycles. The summed E-state index contributed by atoms with van der Waals surface area (Å²) in [5, 5.41) is 16.8. The highest BCUT2D eigenvalue weighted by Gasteiger charge is 2.26. The third-order valence-electron chi connectivity index (χ3n) is 7.25. The number of benzene rings is 5.